The van der Waals surface area contributed by atoms with E-state index in [9.17, 15) is 17.4 Å². The highest BCUT2D eigenvalue weighted by Gasteiger charge is 2.31. The van der Waals surface area contributed by atoms with Gasteiger partial charge in [0.2, 0.25) is 0 Å². The topological polar surface area (TPSA) is 78.9 Å². The maximum atomic E-state index is 13.6. The van der Waals surface area contributed by atoms with Crippen LogP contribution in [0.2, 0.25) is 0 Å². The van der Waals surface area contributed by atoms with Crippen molar-refractivity contribution in [2.45, 2.75) is 16.7 Å². The van der Waals surface area contributed by atoms with E-state index in [1.807, 2.05) is 0 Å². The molecule has 10 heteroatoms. The third kappa shape index (κ3) is 4.48. The molecule has 1 unspecified atom stereocenters. The van der Waals surface area contributed by atoms with Crippen molar-refractivity contribution in [2.24, 2.45) is 0 Å². The maximum Gasteiger partial charge on any atom is 0.729 e. The van der Waals surface area contributed by atoms with E-state index in [-0.39, 0.29) is 4.90 Å². The number of benzene rings is 1. The smallest absolute Gasteiger partial charge is 0.205 e. The lowest BCUT2D eigenvalue weighted by Gasteiger charge is -2.07. The van der Waals surface area contributed by atoms with Gasteiger partial charge in [-0.15, -0.1) is 16.3 Å². The van der Waals surface area contributed by atoms with Gasteiger partial charge in [0.05, 0.1) is 11.8 Å². The molecule has 0 saturated carbocycles. The van der Waals surface area contributed by atoms with Gasteiger partial charge in [-0.2, -0.15) is 8.42 Å². The summed E-state index contributed by atoms with van der Waals surface area (Å²) in [5, 5.41) is 0. The second-order valence-corrected chi connectivity index (χ2v) is 6.72. The Hall–Kier alpha value is -0.570. The average Bonchev–Trinajstić information content (AvgIpc) is 2.36. The Balaban J connectivity index is 3.09. The minimum absolute atomic E-state index is 0.179. The van der Waals surface area contributed by atoms with Gasteiger partial charge in [0.25, 0.3) is 0 Å². The zero-order chi connectivity index (χ0) is 14.5. The normalized spacial score (nSPS) is 12.5. The molecule has 6 nitrogen and oxygen atoms in total. The summed E-state index contributed by atoms with van der Waals surface area (Å²) in [6, 6.07) is 3.79. The van der Waals surface area contributed by atoms with E-state index in [1.165, 1.54) is 12.1 Å². The predicted octanol–water partition coefficient (Wildman–Crippen LogP) is 2.88. The summed E-state index contributed by atoms with van der Waals surface area (Å²) < 4.78 is 60.3. The summed E-state index contributed by atoms with van der Waals surface area (Å²) in [5.41, 5.74) is 0. The standard InChI is InChI=1S/C9H11FO6PS2/c1-3-18-8-6-4-5-7(10)9(8)19(12,13)16-15-17(11)14-2/h4-6H,3H2,1-2H3/q+1. The average molecular weight is 329 g/mol. The number of rotatable bonds is 7. The number of hydrogen-bond acceptors (Lipinski definition) is 7. The molecule has 0 aliphatic rings. The molecule has 1 aromatic carbocycles. The Morgan fingerprint density at radius 1 is 1.42 bits per heavy atom. The Morgan fingerprint density at radius 2 is 2.11 bits per heavy atom. The maximum absolute atomic E-state index is 13.6. The lowest BCUT2D eigenvalue weighted by molar-refractivity contribution is -0.0965. The van der Waals surface area contributed by atoms with Gasteiger partial charge >= 0.3 is 18.4 Å². The van der Waals surface area contributed by atoms with Gasteiger partial charge in [0, 0.05) is 9.46 Å². The van der Waals surface area contributed by atoms with Crippen LogP contribution in [-0.4, -0.2) is 21.3 Å². The SMILES string of the molecule is CCSc1cccc(F)c1S(=O)(=O)OO[P+](=O)OC. The molecular formula is C9H11FO6PS2+. The second kappa shape index (κ2) is 7.28. The Morgan fingerprint density at radius 3 is 2.68 bits per heavy atom. The summed E-state index contributed by atoms with van der Waals surface area (Å²) in [7, 11) is -6.23. The zero-order valence-electron chi connectivity index (χ0n) is 10.0. The molecule has 0 radical (unpaired) electrons. The molecule has 0 aliphatic carbocycles. The zero-order valence-corrected chi connectivity index (χ0v) is 12.6. The lowest BCUT2D eigenvalue weighted by Crippen LogP contribution is -2.09. The van der Waals surface area contributed by atoms with E-state index in [0.717, 1.165) is 24.9 Å². The quantitative estimate of drug-likeness (QED) is 0.329. The fourth-order valence-electron chi connectivity index (χ4n) is 1.13. The molecule has 1 atom stereocenters. The number of hydrogen-bond donors (Lipinski definition) is 0. The molecule has 0 amide bonds. The summed E-state index contributed by atoms with van der Waals surface area (Å²) in [6.07, 6.45) is 0. The molecule has 0 heterocycles. The van der Waals surface area contributed by atoms with Crippen LogP contribution >= 0.6 is 20.0 Å². The van der Waals surface area contributed by atoms with Crippen LogP contribution in [0, 0.1) is 5.82 Å². The Labute approximate surface area is 115 Å². The van der Waals surface area contributed by atoms with Crippen molar-refractivity contribution in [3.63, 3.8) is 0 Å². The molecule has 0 spiro atoms. The van der Waals surface area contributed by atoms with Gasteiger partial charge in [-0.1, -0.05) is 17.3 Å². The van der Waals surface area contributed by atoms with Crippen LogP contribution in [0.5, 0.6) is 0 Å². The fraction of sp³-hybridized carbons (Fsp3) is 0.333. The predicted molar refractivity (Wildman–Crippen MR) is 66.8 cm³/mol. The van der Waals surface area contributed by atoms with Gasteiger partial charge in [-0.3, -0.25) is 0 Å². The molecule has 1 rings (SSSR count). The molecule has 0 fully saturated rings. The van der Waals surface area contributed by atoms with Gasteiger partial charge in [-0.05, 0) is 17.9 Å². The van der Waals surface area contributed by atoms with E-state index in [2.05, 4.69) is 13.5 Å². The van der Waals surface area contributed by atoms with E-state index in [4.69, 9.17) is 0 Å². The molecule has 0 bridgehead atoms. The highest BCUT2D eigenvalue weighted by molar-refractivity contribution is 8.00. The molecule has 0 aromatic heterocycles. The third-order valence-electron chi connectivity index (χ3n) is 1.81. The van der Waals surface area contributed by atoms with Crippen molar-refractivity contribution < 1.29 is 30.9 Å². The summed E-state index contributed by atoms with van der Waals surface area (Å²) >= 11 is 1.12. The van der Waals surface area contributed by atoms with Crippen molar-refractivity contribution in [1.82, 2.24) is 0 Å². The molecule has 1 aromatic rings. The third-order valence-corrected chi connectivity index (χ3v) is 4.64. The molecule has 19 heavy (non-hydrogen) atoms. The Bertz CT molecular complexity index is 562. The minimum Gasteiger partial charge on any atom is -0.205 e. The first kappa shape index (κ1) is 16.5. The second-order valence-electron chi connectivity index (χ2n) is 3.00. The fourth-order valence-corrected chi connectivity index (χ4v) is 3.60. The van der Waals surface area contributed by atoms with Crippen LogP contribution in [0.3, 0.4) is 0 Å². The molecule has 0 aliphatic heterocycles. The van der Waals surface area contributed by atoms with Gasteiger partial charge in [0.15, 0.2) is 0 Å². The van der Waals surface area contributed by atoms with Crippen LogP contribution in [0.4, 0.5) is 4.39 Å². The van der Waals surface area contributed by atoms with Crippen molar-refractivity contribution >= 4 is 30.1 Å². The van der Waals surface area contributed by atoms with E-state index >= 15 is 0 Å². The van der Waals surface area contributed by atoms with Crippen molar-refractivity contribution in [1.29, 1.82) is 0 Å². The van der Waals surface area contributed by atoms with Crippen LogP contribution in [0.1, 0.15) is 6.92 Å². The van der Waals surface area contributed by atoms with Gasteiger partial charge < -0.3 is 0 Å². The minimum atomic E-state index is -4.53. The van der Waals surface area contributed by atoms with Crippen LogP contribution in [-0.2, 0) is 28.2 Å². The summed E-state index contributed by atoms with van der Waals surface area (Å²) in [6.45, 7) is 1.78. The van der Waals surface area contributed by atoms with Crippen molar-refractivity contribution in [2.75, 3.05) is 12.9 Å². The van der Waals surface area contributed by atoms with Gasteiger partial charge in [-0.25, -0.2) is 4.39 Å². The van der Waals surface area contributed by atoms with Crippen molar-refractivity contribution in [3.05, 3.63) is 24.0 Å². The van der Waals surface area contributed by atoms with E-state index in [1.54, 1.807) is 6.92 Å². The van der Waals surface area contributed by atoms with Crippen molar-refractivity contribution in [3.8, 4) is 0 Å². The Kier molecular flexibility index (Phi) is 6.31. The van der Waals surface area contributed by atoms with Crippen LogP contribution < -0.4 is 0 Å². The largest absolute Gasteiger partial charge is 0.729 e. The van der Waals surface area contributed by atoms with Gasteiger partial charge in [0.1, 0.15) is 10.7 Å². The molecule has 0 N–H and O–H groups in total. The lowest BCUT2D eigenvalue weighted by atomic mass is 10.3. The summed E-state index contributed by atoms with van der Waals surface area (Å²) in [4.78, 5) is -0.472. The molecule has 0 saturated heterocycles. The number of thioether (sulfide) groups is 1. The molecule has 106 valence electrons. The highest BCUT2D eigenvalue weighted by Crippen LogP contribution is 2.32. The first-order valence-corrected chi connectivity index (χ1v) is 8.45. The first-order valence-electron chi connectivity index (χ1n) is 4.96. The highest BCUT2D eigenvalue weighted by atomic mass is 32.2. The first-order chi connectivity index (χ1) is 8.92. The van der Waals surface area contributed by atoms with Crippen LogP contribution in [0.15, 0.2) is 28.0 Å². The summed E-state index contributed by atoms with van der Waals surface area (Å²) in [5.74, 6) is -0.436. The van der Waals surface area contributed by atoms with E-state index < -0.39 is 29.1 Å². The molecular weight excluding hydrogens is 318 g/mol. The van der Waals surface area contributed by atoms with E-state index in [0.29, 0.717) is 5.75 Å². The number of halogens is 1. The monoisotopic (exact) mass is 329 g/mol. The van der Waals surface area contributed by atoms with Crippen LogP contribution in [0.25, 0.3) is 0 Å².